The van der Waals surface area contributed by atoms with Crippen LogP contribution in [0.1, 0.15) is 25.8 Å². The number of carbonyl (C=O) groups excluding carboxylic acids is 2. The first kappa shape index (κ1) is 28.8. The molecule has 2 amide bonds. The number of amides is 2. The third-order valence-electron chi connectivity index (χ3n) is 5.56. The number of carbonyl (C=O) groups is 2. The predicted octanol–water partition coefficient (Wildman–Crippen LogP) is 2.42. The van der Waals surface area contributed by atoms with Gasteiger partial charge < -0.3 is 24.4 Å². The van der Waals surface area contributed by atoms with Crippen molar-refractivity contribution >= 4 is 27.5 Å². The largest absolute Gasteiger partial charge is 0.497 e. The first-order valence-corrected chi connectivity index (χ1v) is 13.3. The molecule has 0 fully saturated rings. The van der Waals surface area contributed by atoms with Crippen molar-refractivity contribution in [2.75, 3.05) is 45.0 Å². The third-order valence-corrected chi connectivity index (χ3v) is 6.69. The molecule has 0 heterocycles. The summed E-state index contributed by atoms with van der Waals surface area (Å²) in [5.41, 5.74) is 0.907. The summed E-state index contributed by atoms with van der Waals surface area (Å²) in [6.07, 6.45) is 1.74. The van der Waals surface area contributed by atoms with Crippen molar-refractivity contribution in [3.05, 3.63) is 48.0 Å². The van der Waals surface area contributed by atoms with E-state index in [1.807, 2.05) is 6.92 Å². The molecule has 0 aliphatic rings. The van der Waals surface area contributed by atoms with Crippen LogP contribution in [-0.4, -0.2) is 71.8 Å². The number of nitrogens with zero attached hydrogens (tertiary/aromatic N) is 2. The first-order valence-electron chi connectivity index (χ1n) is 11.5. The fourth-order valence-corrected chi connectivity index (χ4v) is 4.34. The number of nitrogens with one attached hydrogen (secondary N) is 1. The maximum Gasteiger partial charge on any atom is 0.244 e. The van der Waals surface area contributed by atoms with Gasteiger partial charge in [0.15, 0.2) is 0 Å². The summed E-state index contributed by atoms with van der Waals surface area (Å²) in [5, 5.41) is 2.80. The molecule has 2 aromatic carbocycles. The van der Waals surface area contributed by atoms with Gasteiger partial charge in [0.05, 0.1) is 33.3 Å². The molecule has 0 spiro atoms. The minimum Gasteiger partial charge on any atom is -0.497 e. The minimum atomic E-state index is -3.91. The maximum atomic E-state index is 13.6. The molecule has 0 aromatic heterocycles. The molecular formula is C25H35N3O7S. The smallest absolute Gasteiger partial charge is 0.244 e. The zero-order valence-corrected chi connectivity index (χ0v) is 22.4. The fraction of sp³-hybridized carbons (Fsp3) is 0.440. The lowest BCUT2D eigenvalue weighted by Gasteiger charge is -2.32. The van der Waals surface area contributed by atoms with E-state index in [9.17, 15) is 18.0 Å². The third kappa shape index (κ3) is 7.51. The number of hydrogen-bond acceptors (Lipinski definition) is 7. The van der Waals surface area contributed by atoms with E-state index in [1.165, 1.54) is 25.2 Å². The van der Waals surface area contributed by atoms with Crippen LogP contribution in [0.5, 0.6) is 17.2 Å². The predicted molar refractivity (Wildman–Crippen MR) is 138 cm³/mol. The molecule has 1 N–H and O–H groups in total. The first-order chi connectivity index (χ1) is 17.0. The minimum absolute atomic E-state index is 0.0936. The molecule has 1 unspecified atom stereocenters. The maximum absolute atomic E-state index is 13.6. The Hall–Kier alpha value is -3.47. The number of hydrogen-bond donors (Lipinski definition) is 1. The fourth-order valence-electron chi connectivity index (χ4n) is 3.49. The summed E-state index contributed by atoms with van der Waals surface area (Å²) < 4.78 is 42.3. The normalized spacial score (nSPS) is 11.8. The van der Waals surface area contributed by atoms with Gasteiger partial charge in [-0.3, -0.25) is 13.9 Å². The summed E-state index contributed by atoms with van der Waals surface area (Å²) in [7, 11) is 0.500. The van der Waals surface area contributed by atoms with Gasteiger partial charge in [-0.05, 0) is 43.2 Å². The lowest BCUT2D eigenvalue weighted by atomic mass is 10.1. The van der Waals surface area contributed by atoms with Gasteiger partial charge >= 0.3 is 0 Å². The molecule has 0 aliphatic heterocycles. The Morgan fingerprint density at radius 2 is 1.58 bits per heavy atom. The second-order valence-corrected chi connectivity index (χ2v) is 10.1. The van der Waals surface area contributed by atoms with Gasteiger partial charge in [0.25, 0.3) is 0 Å². The van der Waals surface area contributed by atoms with Crippen LogP contribution in [0.4, 0.5) is 5.69 Å². The highest BCUT2D eigenvalue weighted by molar-refractivity contribution is 7.92. The number of anilines is 1. The van der Waals surface area contributed by atoms with Crippen molar-refractivity contribution < 1.29 is 32.2 Å². The zero-order chi connectivity index (χ0) is 26.9. The number of benzene rings is 2. The number of sulfonamides is 1. The average molecular weight is 522 g/mol. The lowest BCUT2D eigenvalue weighted by molar-refractivity contribution is -0.139. The van der Waals surface area contributed by atoms with E-state index in [0.717, 1.165) is 22.5 Å². The molecule has 0 bridgehead atoms. The van der Waals surface area contributed by atoms with Gasteiger partial charge in [0.2, 0.25) is 21.8 Å². The van der Waals surface area contributed by atoms with Gasteiger partial charge in [-0.15, -0.1) is 0 Å². The Balaban J connectivity index is 2.45. The Morgan fingerprint density at radius 1 is 0.972 bits per heavy atom. The van der Waals surface area contributed by atoms with E-state index in [0.29, 0.717) is 18.0 Å². The molecule has 2 aromatic rings. The van der Waals surface area contributed by atoms with Crippen LogP contribution in [0.15, 0.2) is 42.5 Å². The number of ether oxygens (including phenoxy) is 3. The van der Waals surface area contributed by atoms with E-state index < -0.39 is 28.5 Å². The highest BCUT2D eigenvalue weighted by atomic mass is 32.2. The van der Waals surface area contributed by atoms with Crippen molar-refractivity contribution in [1.29, 1.82) is 0 Å². The average Bonchev–Trinajstić information content (AvgIpc) is 2.87. The van der Waals surface area contributed by atoms with Crippen LogP contribution >= 0.6 is 0 Å². The van der Waals surface area contributed by atoms with Crippen molar-refractivity contribution in [2.45, 2.75) is 32.9 Å². The van der Waals surface area contributed by atoms with Gasteiger partial charge in [-0.1, -0.05) is 19.1 Å². The molecule has 2 rings (SSSR count). The number of rotatable bonds is 13. The number of methoxy groups -OCH3 is 3. The Morgan fingerprint density at radius 3 is 2.11 bits per heavy atom. The van der Waals surface area contributed by atoms with E-state index >= 15 is 0 Å². The molecule has 11 heteroatoms. The van der Waals surface area contributed by atoms with Gasteiger partial charge in [0.1, 0.15) is 29.8 Å². The molecule has 1 atom stereocenters. The summed E-state index contributed by atoms with van der Waals surface area (Å²) in [6, 6.07) is 10.9. The van der Waals surface area contributed by atoms with Crippen LogP contribution in [-0.2, 0) is 26.2 Å². The van der Waals surface area contributed by atoms with Crippen molar-refractivity contribution in [3.63, 3.8) is 0 Å². The van der Waals surface area contributed by atoms with Crippen LogP contribution in [0.3, 0.4) is 0 Å². The summed E-state index contributed by atoms with van der Waals surface area (Å²) in [6.45, 7) is 3.56. The summed E-state index contributed by atoms with van der Waals surface area (Å²) >= 11 is 0. The van der Waals surface area contributed by atoms with Crippen molar-refractivity contribution in [3.8, 4) is 17.2 Å². The Labute approximate surface area is 213 Å². The highest BCUT2D eigenvalue weighted by Gasteiger charge is 2.31. The molecule has 0 radical (unpaired) electrons. The van der Waals surface area contributed by atoms with Crippen molar-refractivity contribution in [1.82, 2.24) is 10.2 Å². The molecule has 0 saturated heterocycles. The van der Waals surface area contributed by atoms with Crippen LogP contribution in [0.25, 0.3) is 0 Å². The van der Waals surface area contributed by atoms with Gasteiger partial charge in [-0.25, -0.2) is 8.42 Å². The van der Waals surface area contributed by atoms with E-state index in [1.54, 1.807) is 50.4 Å². The monoisotopic (exact) mass is 521 g/mol. The van der Waals surface area contributed by atoms with Crippen molar-refractivity contribution in [2.24, 2.45) is 0 Å². The van der Waals surface area contributed by atoms with Gasteiger partial charge in [0, 0.05) is 19.2 Å². The second kappa shape index (κ2) is 13.0. The summed E-state index contributed by atoms with van der Waals surface area (Å²) in [4.78, 5) is 27.8. The Kier molecular flexibility index (Phi) is 10.4. The van der Waals surface area contributed by atoms with Gasteiger partial charge in [-0.2, -0.15) is 0 Å². The van der Waals surface area contributed by atoms with E-state index in [-0.39, 0.29) is 23.9 Å². The zero-order valence-electron chi connectivity index (χ0n) is 21.6. The van der Waals surface area contributed by atoms with Crippen LogP contribution in [0, 0.1) is 0 Å². The summed E-state index contributed by atoms with van der Waals surface area (Å²) in [5.74, 6) is 0.418. The second-order valence-electron chi connectivity index (χ2n) is 8.14. The van der Waals surface area contributed by atoms with E-state index in [2.05, 4.69) is 5.32 Å². The molecular weight excluding hydrogens is 486 g/mol. The SMILES string of the molecule is CCCNC(=O)C(C)N(Cc1ccc(OC)cc1)C(=O)CN(c1cc(OC)ccc1OC)S(C)(=O)=O. The Bertz CT molecular complexity index is 1140. The molecule has 0 aliphatic carbocycles. The van der Waals surface area contributed by atoms with Crippen LogP contribution in [0.2, 0.25) is 0 Å². The molecule has 36 heavy (non-hydrogen) atoms. The quantitative estimate of drug-likeness (QED) is 0.431. The molecule has 10 nitrogen and oxygen atoms in total. The highest BCUT2D eigenvalue weighted by Crippen LogP contribution is 2.34. The molecule has 198 valence electrons. The van der Waals surface area contributed by atoms with Crippen LogP contribution < -0.4 is 23.8 Å². The van der Waals surface area contributed by atoms with E-state index in [4.69, 9.17) is 14.2 Å². The lowest BCUT2D eigenvalue weighted by Crippen LogP contribution is -2.51. The topological polar surface area (TPSA) is 114 Å². The molecule has 0 saturated carbocycles. The standard InChI is InChI=1S/C25H35N3O7S/c1-7-14-26-25(30)18(2)27(16-19-8-10-20(33-3)11-9-19)24(29)17-28(36(6,31)32)22-15-21(34-4)12-13-23(22)35-5/h8-13,15,18H,7,14,16-17H2,1-6H3,(H,26,30).